The number of carbonyl (C=O) groups excluding carboxylic acids is 2. The Labute approximate surface area is 141 Å². The molecule has 1 fully saturated rings. The van der Waals surface area contributed by atoms with Gasteiger partial charge >= 0.3 is 6.09 Å². The lowest BCUT2D eigenvalue weighted by Gasteiger charge is -2.15. The molecule has 1 aliphatic heterocycles. The summed E-state index contributed by atoms with van der Waals surface area (Å²) in [4.78, 5) is 24.7. The lowest BCUT2D eigenvalue weighted by atomic mass is 10.00. The number of hydrogen-bond acceptors (Lipinski definition) is 3. The Hall–Kier alpha value is -2.82. The van der Waals surface area contributed by atoms with Gasteiger partial charge < -0.3 is 10.1 Å². The van der Waals surface area contributed by atoms with Crippen LogP contribution in [0, 0.1) is 6.92 Å². The van der Waals surface area contributed by atoms with E-state index in [4.69, 9.17) is 4.74 Å². The SMILES string of the molecule is CC(=O)NC[C@H]1CN(c2ccc(-c3ccccc3)c(C)c2)C(=O)O1. The van der Waals surface area contributed by atoms with E-state index in [1.54, 1.807) is 4.90 Å². The van der Waals surface area contributed by atoms with Crippen molar-refractivity contribution in [1.29, 1.82) is 0 Å². The lowest BCUT2D eigenvalue weighted by Crippen LogP contribution is -2.33. The summed E-state index contributed by atoms with van der Waals surface area (Å²) in [5, 5.41) is 2.68. The zero-order valence-corrected chi connectivity index (χ0v) is 13.8. The van der Waals surface area contributed by atoms with E-state index in [-0.39, 0.29) is 18.1 Å². The van der Waals surface area contributed by atoms with Crippen molar-refractivity contribution < 1.29 is 14.3 Å². The molecule has 1 N–H and O–H groups in total. The van der Waals surface area contributed by atoms with E-state index in [0.717, 1.165) is 22.4 Å². The largest absolute Gasteiger partial charge is 0.442 e. The second kappa shape index (κ2) is 6.74. The van der Waals surface area contributed by atoms with Crippen LogP contribution in [-0.4, -0.2) is 31.2 Å². The first-order valence-electron chi connectivity index (χ1n) is 7.93. The van der Waals surface area contributed by atoms with Crippen LogP contribution in [0.25, 0.3) is 11.1 Å². The van der Waals surface area contributed by atoms with Crippen LogP contribution in [-0.2, 0) is 9.53 Å². The number of aryl methyl sites for hydroxylation is 1. The first-order valence-corrected chi connectivity index (χ1v) is 7.93. The highest BCUT2D eigenvalue weighted by molar-refractivity contribution is 5.90. The van der Waals surface area contributed by atoms with Crippen LogP contribution in [0.4, 0.5) is 10.5 Å². The molecule has 0 aromatic heterocycles. The van der Waals surface area contributed by atoms with Gasteiger partial charge in [0.25, 0.3) is 0 Å². The van der Waals surface area contributed by atoms with Gasteiger partial charge in [-0.2, -0.15) is 0 Å². The normalized spacial score (nSPS) is 16.8. The zero-order valence-electron chi connectivity index (χ0n) is 13.8. The number of carbonyl (C=O) groups is 2. The second-order valence-electron chi connectivity index (χ2n) is 5.92. The topological polar surface area (TPSA) is 58.6 Å². The van der Waals surface area contributed by atoms with E-state index in [1.807, 2.05) is 43.3 Å². The summed E-state index contributed by atoms with van der Waals surface area (Å²) in [6.45, 7) is 4.24. The van der Waals surface area contributed by atoms with Gasteiger partial charge in [-0.3, -0.25) is 9.69 Å². The van der Waals surface area contributed by atoms with Crippen LogP contribution in [0.5, 0.6) is 0 Å². The minimum atomic E-state index is -0.378. The Balaban J connectivity index is 1.77. The molecule has 0 radical (unpaired) electrons. The molecule has 1 atom stereocenters. The summed E-state index contributed by atoms with van der Waals surface area (Å²) in [5.74, 6) is -0.132. The Morgan fingerprint density at radius 1 is 1.25 bits per heavy atom. The third-order valence-corrected chi connectivity index (χ3v) is 4.06. The van der Waals surface area contributed by atoms with Gasteiger partial charge in [-0.05, 0) is 35.7 Å². The summed E-state index contributed by atoms with van der Waals surface area (Å²) >= 11 is 0. The number of anilines is 1. The molecule has 0 unspecified atom stereocenters. The number of nitrogens with one attached hydrogen (secondary N) is 1. The van der Waals surface area contributed by atoms with Crippen molar-refractivity contribution in [3.8, 4) is 11.1 Å². The molecule has 2 aromatic rings. The molecule has 5 heteroatoms. The van der Waals surface area contributed by atoms with Gasteiger partial charge in [0.05, 0.1) is 13.1 Å². The molecule has 2 amide bonds. The molecule has 1 aliphatic rings. The van der Waals surface area contributed by atoms with Crippen molar-refractivity contribution in [3.63, 3.8) is 0 Å². The van der Waals surface area contributed by atoms with Crippen molar-refractivity contribution in [2.24, 2.45) is 0 Å². The number of amides is 2. The monoisotopic (exact) mass is 324 g/mol. The highest BCUT2D eigenvalue weighted by Crippen LogP contribution is 2.29. The van der Waals surface area contributed by atoms with E-state index in [0.29, 0.717) is 13.1 Å². The fourth-order valence-corrected chi connectivity index (χ4v) is 2.85. The van der Waals surface area contributed by atoms with Crippen molar-refractivity contribution in [3.05, 3.63) is 54.1 Å². The average molecular weight is 324 g/mol. The maximum atomic E-state index is 12.1. The third-order valence-electron chi connectivity index (χ3n) is 4.06. The van der Waals surface area contributed by atoms with Gasteiger partial charge in [-0.15, -0.1) is 0 Å². The number of hydrogen-bond donors (Lipinski definition) is 1. The number of ether oxygens (including phenoxy) is 1. The standard InChI is InChI=1S/C19H20N2O3/c1-13-10-16(8-9-18(13)15-6-4-3-5-7-15)21-12-17(24-19(21)23)11-20-14(2)22/h3-10,17H,11-12H2,1-2H3,(H,20,22)/t17-/m0/s1. The minimum absolute atomic E-state index is 0.132. The molecule has 0 saturated carbocycles. The number of benzene rings is 2. The maximum Gasteiger partial charge on any atom is 0.414 e. The van der Waals surface area contributed by atoms with Crippen LogP contribution in [0.1, 0.15) is 12.5 Å². The zero-order chi connectivity index (χ0) is 17.1. The average Bonchev–Trinajstić information content (AvgIpc) is 2.94. The van der Waals surface area contributed by atoms with Gasteiger partial charge in [0.1, 0.15) is 6.10 Å². The molecule has 5 nitrogen and oxygen atoms in total. The van der Waals surface area contributed by atoms with Gasteiger partial charge in [0, 0.05) is 12.6 Å². The molecule has 24 heavy (non-hydrogen) atoms. The van der Waals surface area contributed by atoms with Crippen LogP contribution in [0.3, 0.4) is 0 Å². The Bertz CT molecular complexity index is 758. The summed E-state index contributed by atoms with van der Waals surface area (Å²) in [6.07, 6.45) is -0.701. The predicted octanol–water partition coefficient (Wildman–Crippen LogP) is 3.12. The Morgan fingerprint density at radius 2 is 2.00 bits per heavy atom. The molecule has 2 aromatic carbocycles. The van der Waals surface area contributed by atoms with E-state index >= 15 is 0 Å². The summed E-state index contributed by atoms with van der Waals surface area (Å²) in [5.41, 5.74) is 4.19. The number of cyclic esters (lactones) is 1. The fourth-order valence-electron chi connectivity index (χ4n) is 2.85. The van der Waals surface area contributed by atoms with Gasteiger partial charge in [0.2, 0.25) is 5.91 Å². The summed E-state index contributed by atoms with van der Waals surface area (Å²) in [6, 6.07) is 16.1. The molecular weight excluding hydrogens is 304 g/mol. The van der Waals surface area contributed by atoms with Crippen molar-refractivity contribution in [2.45, 2.75) is 20.0 Å². The van der Waals surface area contributed by atoms with Crippen LogP contribution >= 0.6 is 0 Å². The van der Waals surface area contributed by atoms with Crippen LogP contribution in [0.2, 0.25) is 0 Å². The molecule has 1 heterocycles. The second-order valence-corrected chi connectivity index (χ2v) is 5.92. The molecule has 3 rings (SSSR count). The highest BCUT2D eigenvalue weighted by Gasteiger charge is 2.32. The molecule has 0 aliphatic carbocycles. The predicted molar refractivity (Wildman–Crippen MR) is 92.9 cm³/mol. The highest BCUT2D eigenvalue weighted by atomic mass is 16.6. The van der Waals surface area contributed by atoms with E-state index in [9.17, 15) is 9.59 Å². The number of nitrogens with zero attached hydrogens (tertiary/aromatic N) is 1. The Kier molecular flexibility index (Phi) is 4.51. The van der Waals surface area contributed by atoms with Crippen molar-refractivity contribution in [2.75, 3.05) is 18.0 Å². The summed E-state index contributed by atoms with van der Waals surface area (Å²) < 4.78 is 5.31. The molecule has 0 bridgehead atoms. The first kappa shape index (κ1) is 16.1. The quantitative estimate of drug-likeness (QED) is 0.940. The Morgan fingerprint density at radius 3 is 2.67 bits per heavy atom. The molecule has 0 spiro atoms. The maximum absolute atomic E-state index is 12.1. The van der Waals surface area contributed by atoms with Crippen molar-refractivity contribution in [1.82, 2.24) is 5.32 Å². The molecule has 1 saturated heterocycles. The first-order chi connectivity index (χ1) is 11.5. The van der Waals surface area contributed by atoms with Gasteiger partial charge in [-0.1, -0.05) is 36.4 Å². The fraction of sp³-hybridized carbons (Fsp3) is 0.263. The van der Waals surface area contributed by atoms with Gasteiger partial charge in [-0.25, -0.2) is 4.79 Å². The minimum Gasteiger partial charge on any atom is -0.442 e. The van der Waals surface area contributed by atoms with E-state index < -0.39 is 0 Å². The smallest absolute Gasteiger partial charge is 0.414 e. The van der Waals surface area contributed by atoms with E-state index in [1.165, 1.54) is 6.92 Å². The van der Waals surface area contributed by atoms with Crippen molar-refractivity contribution >= 4 is 17.7 Å². The van der Waals surface area contributed by atoms with E-state index in [2.05, 4.69) is 17.4 Å². The lowest BCUT2D eigenvalue weighted by molar-refractivity contribution is -0.119. The third kappa shape index (κ3) is 3.40. The van der Waals surface area contributed by atoms with Crippen LogP contribution in [0.15, 0.2) is 48.5 Å². The summed E-state index contributed by atoms with van der Waals surface area (Å²) in [7, 11) is 0. The number of rotatable bonds is 4. The molecular formula is C19H20N2O3. The molecule has 124 valence electrons. The van der Waals surface area contributed by atoms with Crippen LogP contribution < -0.4 is 10.2 Å². The van der Waals surface area contributed by atoms with Gasteiger partial charge in [0.15, 0.2) is 0 Å².